The lowest BCUT2D eigenvalue weighted by Crippen LogP contribution is -3.25. The summed E-state index contributed by atoms with van der Waals surface area (Å²) >= 11 is 12.2. The zero-order chi connectivity index (χ0) is 19.5. The summed E-state index contributed by atoms with van der Waals surface area (Å²) in [5.41, 5.74) is 0.0703. The number of nitrogens with zero attached hydrogens (tertiary/aromatic N) is 1. The van der Waals surface area contributed by atoms with Crippen molar-refractivity contribution in [3.05, 3.63) is 64.7 Å². The molecule has 0 fully saturated rings. The normalized spacial score (nSPS) is 11.5. The predicted molar refractivity (Wildman–Crippen MR) is 109 cm³/mol. The van der Waals surface area contributed by atoms with E-state index in [4.69, 9.17) is 28.1 Å². The summed E-state index contributed by atoms with van der Waals surface area (Å²) in [4.78, 5) is 25.9. The van der Waals surface area contributed by atoms with E-state index in [9.17, 15) is 9.59 Å². The van der Waals surface area contributed by atoms with Crippen LogP contribution in [0.5, 0.6) is 5.75 Å². The molecule has 0 heterocycles. The monoisotopic (exact) mass is 466 g/mol. The molecule has 2 rings (SSSR count). The standard InChI is InChI=1S/C19H20Cl2N2O3.2ClH/c1-19(2,3)22(17(24)13-8-10-15(20)11-9-13)23(21)18(25)14-6-5-7-16(12-14)26-4;;/h5-12H,1-4H3;2*1H. The number of hydrogen-bond donors (Lipinski definition) is 1. The van der Waals surface area contributed by atoms with Crippen LogP contribution in [0.1, 0.15) is 41.5 Å². The number of methoxy groups -OCH3 is 1. The van der Waals surface area contributed by atoms with Gasteiger partial charge in [-0.1, -0.05) is 22.2 Å². The minimum atomic E-state index is -0.660. The van der Waals surface area contributed by atoms with Crippen LogP contribution >= 0.6 is 35.8 Å². The van der Waals surface area contributed by atoms with Gasteiger partial charge in [0.25, 0.3) is 0 Å². The molecule has 0 saturated heterocycles. The van der Waals surface area contributed by atoms with Gasteiger partial charge in [-0.3, -0.25) is 4.79 Å². The highest BCUT2D eigenvalue weighted by molar-refractivity contribution is 6.30. The fraction of sp³-hybridized carbons (Fsp3) is 0.263. The molecule has 1 N–H and O–H groups in total. The molecule has 0 aliphatic carbocycles. The number of nitrogens with one attached hydrogen (secondary N) is 1. The molecule has 9 heteroatoms. The number of rotatable bonds is 3. The molecular formula is C19H22Cl4N2O3. The molecule has 0 aliphatic heterocycles. The number of ether oxygens (including phenoxy) is 1. The summed E-state index contributed by atoms with van der Waals surface area (Å²) in [6, 6.07) is 13.1. The maximum atomic E-state index is 13.0. The van der Waals surface area contributed by atoms with E-state index in [2.05, 4.69) is 0 Å². The molecule has 2 amide bonds. The first kappa shape index (κ1) is 26.5. The van der Waals surface area contributed by atoms with Crippen molar-refractivity contribution in [3.63, 3.8) is 0 Å². The van der Waals surface area contributed by atoms with Crippen LogP contribution in [-0.4, -0.2) is 29.0 Å². The molecular weight excluding hydrogens is 446 g/mol. The van der Waals surface area contributed by atoms with Crippen molar-refractivity contribution < 1.29 is 31.7 Å². The maximum absolute atomic E-state index is 13.0. The second-order valence-electron chi connectivity index (χ2n) is 6.75. The van der Waals surface area contributed by atoms with E-state index in [0.29, 0.717) is 21.9 Å². The second kappa shape index (κ2) is 10.9. The van der Waals surface area contributed by atoms with E-state index < -0.39 is 11.4 Å². The number of benzene rings is 2. The summed E-state index contributed by atoms with van der Waals surface area (Å²) in [5.74, 6) is -0.305. The number of quaternary nitrogens is 1. The Morgan fingerprint density at radius 3 is 2.11 bits per heavy atom. The maximum Gasteiger partial charge on any atom is 0.370 e. The lowest BCUT2D eigenvalue weighted by Gasteiger charge is -2.33. The average Bonchev–Trinajstić information content (AvgIpc) is 2.60. The van der Waals surface area contributed by atoms with Crippen LogP contribution in [-0.2, 0) is 0 Å². The van der Waals surface area contributed by atoms with Crippen LogP contribution in [0.15, 0.2) is 48.5 Å². The first-order valence-corrected chi connectivity index (χ1v) is 8.68. The molecule has 0 spiro atoms. The highest BCUT2D eigenvalue weighted by Gasteiger charge is 2.41. The topological polar surface area (TPSA) is 51.0 Å². The Morgan fingerprint density at radius 1 is 1.04 bits per heavy atom. The number of carbonyl (C=O) groups is 2. The van der Waals surface area contributed by atoms with Gasteiger partial charge >= 0.3 is 11.8 Å². The Bertz CT molecular complexity index is 808. The van der Waals surface area contributed by atoms with Gasteiger partial charge in [-0.2, -0.15) is 0 Å². The molecule has 1 unspecified atom stereocenters. The van der Waals surface area contributed by atoms with Crippen molar-refractivity contribution >= 4 is 47.6 Å². The van der Waals surface area contributed by atoms with E-state index in [1.54, 1.807) is 48.5 Å². The smallest absolute Gasteiger partial charge is 0.370 e. The molecule has 0 radical (unpaired) electrons. The van der Waals surface area contributed by atoms with Gasteiger partial charge in [0.1, 0.15) is 11.3 Å². The SMILES string of the molecule is COc1cccc(C(=O)N(Cl)[NH+](C(=O)c2ccc(Cl)cc2)C(C)(C)C)c1.Cl.[Cl-]. The molecule has 28 heavy (non-hydrogen) atoms. The van der Waals surface area contributed by atoms with Crippen molar-refractivity contribution in [2.24, 2.45) is 0 Å². The van der Waals surface area contributed by atoms with Gasteiger partial charge in [0.2, 0.25) is 0 Å². The van der Waals surface area contributed by atoms with Crippen LogP contribution < -0.4 is 22.2 Å². The Morgan fingerprint density at radius 2 is 1.61 bits per heavy atom. The first-order chi connectivity index (χ1) is 12.1. The average molecular weight is 468 g/mol. The summed E-state index contributed by atoms with van der Waals surface area (Å²) in [5, 5.41) is 0.698. The molecule has 0 saturated carbocycles. The zero-order valence-corrected chi connectivity index (χ0v) is 18.9. The van der Waals surface area contributed by atoms with Gasteiger partial charge in [-0.15, -0.1) is 17.4 Å². The van der Waals surface area contributed by atoms with E-state index in [1.807, 2.05) is 20.8 Å². The van der Waals surface area contributed by atoms with Gasteiger partial charge in [0.05, 0.1) is 24.4 Å². The van der Waals surface area contributed by atoms with Crippen LogP contribution in [0, 0.1) is 0 Å². The third-order valence-corrected chi connectivity index (χ3v) is 4.30. The van der Waals surface area contributed by atoms with Gasteiger partial charge < -0.3 is 17.1 Å². The first-order valence-electron chi connectivity index (χ1n) is 7.97. The van der Waals surface area contributed by atoms with Crippen LogP contribution in [0.2, 0.25) is 5.02 Å². The summed E-state index contributed by atoms with van der Waals surface area (Å²) in [7, 11) is 1.51. The molecule has 154 valence electrons. The van der Waals surface area contributed by atoms with E-state index in [-0.39, 0.29) is 35.7 Å². The van der Waals surface area contributed by atoms with Crippen LogP contribution in [0.3, 0.4) is 0 Å². The van der Waals surface area contributed by atoms with Crippen molar-refractivity contribution in [3.8, 4) is 5.75 Å². The molecule has 2 aromatic rings. The molecule has 0 aliphatic rings. The number of amides is 2. The van der Waals surface area contributed by atoms with Gasteiger partial charge in [0, 0.05) is 10.6 Å². The Hall–Kier alpha value is -1.50. The van der Waals surface area contributed by atoms with Crippen molar-refractivity contribution in [2.75, 3.05) is 7.11 Å². The Balaban J connectivity index is 0.00000364. The molecule has 0 aromatic heterocycles. The third kappa shape index (κ3) is 6.26. The number of carbonyl (C=O) groups excluding carboxylic acids is 2. The van der Waals surface area contributed by atoms with Crippen molar-refractivity contribution in [1.82, 2.24) is 4.53 Å². The highest BCUT2D eigenvalue weighted by atomic mass is 35.5. The fourth-order valence-electron chi connectivity index (χ4n) is 2.43. The molecule has 5 nitrogen and oxygen atoms in total. The van der Waals surface area contributed by atoms with Crippen molar-refractivity contribution in [1.29, 1.82) is 0 Å². The van der Waals surface area contributed by atoms with Crippen molar-refractivity contribution in [2.45, 2.75) is 26.3 Å². The Labute approximate surface area is 187 Å². The predicted octanol–water partition coefficient (Wildman–Crippen LogP) is 0.809. The number of halogens is 4. The minimum absolute atomic E-state index is 0. The third-order valence-electron chi connectivity index (χ3n) is 3.72. The van der Waals surface area contributed by atoms with Crippen LogP contribution in [0.25, 0.3) is 0 Å². The largest absolute Gasteiger partial charge is 1.00 e. The fourth-order valence-corrected chi connectivity index (χ4v) is 2.99. The van der Waals surface area contributed by atoms with Gasteiger partial charge in [0.15, 0.2) is 0 Å². The van der Waals surface area contributed by atoms with E-state index in [1.165, 1.54) is 7.11 Å². The van der Waals surface area contributed by atoms with Gasteiger partial charge in [-0.25, -0.2) is 4.79 Å². The summed E-state index contributed by atoms with van der Waals surface area (Å²) < 4.78 is 6.03. The zero-order valence-electron chi connectivity index (χ0n) is 15.8. The minimum Gasteiger partial charge on any atom is -1.00 e. The van der Waals surface area contributed by atoms with E-state index in [0.717, 1.165) is 4.53 Å². The molecule has 1 atom stereocenters. The highest BCUT2D eigenvalue weighted by Crippen LogP contribution is 2.15. The lowest BCUT2D eigenvalue weighted by molar-refractivity contribution is -0.951. The quantitative estimate of drug-likeness (QED) is 0.536. The summed E-state index contributed by atoms with van der Waals surface area (Å²) in [6.07, 6.45) is 0. The molecule has 0 bridgehead atoms. The Kier molecular flexibility index (Phi) is 10.3. The lowest BCUT2D eigenvalue weighted by atomic mass is 10.1. The second-order valence-corrected chi connectivity index (χ2v) is 7.53. The van der Waals surface area contributed by atoms with Gasteiger partial charge in [-0.05, 0) is 63.2 Å². The number of hydrogen-bond acceptors (Lipinski definition) is 3. The summed E-state index contributed by atoms with van der Waals surface area (Å²) in [6.45, 7) is 5.47. The van der Waals surface area contributed by atoms with E-state index >= 15 is 0 Å². The van der Waals surface area contributed by atoms with Crippen LogP contribution in [0.4, 0.5) is 0 Å². The molecule has 2 aromatic carbocycles.